The Hall–Kier alpha value is -2.34. The molecule has 0 atom stereocenters. The Labute approximate surface area is 197 Å². The summed E-state index contributed by atoms with van der Waals surface area (Å²) in [6.07, 6.45) is 5.26. The van der Waals surface area contributed by atoms with E-state index >= 15 is 0 Å². The molecule has 1 N–H and O–H groups in total. The summed E-state index contributed by atoms with van der Waals surface area (Å²) in [5, 5.41) is 8.23. The van der Waals surface area contributed by atoms with Crippen molar-refractivity contribution < 1.29 is 9.59 Å². The third-order valence-electron chi connectivity index (χ3n) is 5.29. The Kier molecular flexibility index (Phi) is 9.76. The summed E-state index contributed by atoms with van der Waals surface area (Å²) in [5.74, 6) is 0.345. The summed E-state index contributed by atoms with van der Waals surface area (Å²) in [6.45, 7) is 11.0. The number of para-hydroxylation sites is 1. The number of carbonyl (C=O) groups excluding carboxylic acids is 2. The van der Waals surface area contributed by atoms with Crippen LogP contribution in [0.5, 0.6) is 0 Å². The molecule has 2 rings (SSSR count). The van der Waals surface area contributed by atoms with Crippen LogP contribution in [0.1, 0.15) is 78.8 Å². The normalized spacial score (nSPS) is 11.4. The van der Waals surface area contributed by atoms with Crippen LogP contribution in [0.4, 0.5) is 5.82 Å². The standard InChI is InChI=1S/C25H37ClN4O2/c1-6-8-10-15-24(32)29(16-9-7-2)18-23(31)27-22-17-21(25(3,4)5)28-30(22)20-14-12-11-13-19(20)26/h11-14,17H,6-10,15-16,18H2,1-5H3,(H,27,31). The monoisotopic (exact) mass is 460 g/mol. The highest BCUT2D eigenvalue weighted by molar-refractivity contribution is 6.32. The van der Waals surface area contributed by atoms with Gasteiger partial charge in [-0.3, -0.25) is 9.59 Å². The molecule has 2 amide bonds. The highest BCUT2D eigenvalue weighted by atomic mass is 35.5. The molecule has 0 radical (unpaired) electrons. The van der Waals surface area contributed by atoms with Gasteiger partial charge in [0.15, 0.2) is 0 Å². The van der Waals surface area contributed by atoms with E-state index in [-0.39, 0.29) is 23.8 Å². The number of unbranched alkanes of at least 4 members (excludes halogenated alkanes) is 3. The van der Waals surface area contributed by atoms with Crippen molar-refractivity contribution >= 4 is 29.2 Å². The first-order valence-corrected chi connectivity index (χ1v) is 12.0. The highest BCUT2D eigenvalue weighted by Gasteiger charge is 2.23. The summed E-state index contributed by atoms with van der Waals surface area (Å²) >= 11 is 6.41. The Balaban J connectivity index is 2.23. The lowest BCUT2D eigenvalue weighted by Gasteiger charge is -2.22. The van der Waals surface area contributed by atoms with Crippen molar-refractivity contribution in [1.82, 2.24) is 14.7 Å². The average Bonchev–Trinajstić information content (AvgIpc) is 3.15. The summed E-state index contributed by atoms with van der Waals surface area (Å²) < 4.78 is 1.67. The molecule has 0 aliphatic heterocycles. The van der Waals surface area contributed by atoms with Gasteiger partial charge in [0.25, 0.3) is 0 Å². The molecule has 1 aromatic carbocycles. The maximum Gasteiger partial charge on any atom is 0.245 e. The Morgan fingerprint density at radius 2 is 1.78 bits per heavy atom. The number of nitrogens with one attached hydrogen (secondary N) is 1. The lowest BCUT2D eigenvalue weighted by atomic mass is 9.92. The number of rotatable bonds is 11. The van der Waals surface area contributed by atoms with E-state index < -0.39 is 0 Å². The molecule has 1 heterocycles. The van der Waals surface area contributed by atoms with Crippen LogP contribution in [0.2, 0.25) is 5.02 Å². The molecular formula is C25H37ClN4O2. The molecule has 0 aliphatic rings. The fourth-order valence-electron chi connectivity index (χ4n) is 3.32. The molecular weight excluding hydrogens is 424 g/mol. The first-order valence-electron chi connectivity index (χ1n) is 11.6. The second-order valence-corrected chi connectivity index (χ2v) is 9.61. The number of benzene rings is 1. The van der Waals surface area contributed by atoms with Crippen LogP contribution in [0.3, 0.4) is 0 Å². The van der Waals surface area contributed by atoms with Gasteiger partial charge in [0, 0.05) is 24.4 Å². The van der Waals surface area contributed by atoms with Crippen LogP contribution >= 0.6 is 11.6 Å². The summed E-state index contributed by atoms with van der Waals surface area (Å²) in [6, 6.07) is 9.27. The Bertz CT molecular complexity index is 902. The van der Waals surface area contributed by atoms with Crippen molar-refractivity contribution in [3.05, 3.63) is 41.0 Å². The molecule has 0 unspecified atom stereocenters. The third-order valence-corrected chi connectivity index (χ3v) is 5.61. The van der Waals surface area contributed by atoms with Crippen molar-refractivity contribution in [3.8, 4) is 5.69 Å². The predicted molar refractivity (Wildman–Crippen MR) is 132 cm³/mol. The van der Waals surface area contributed by atoms with Crippen LogP contribution < -0.4 is 5.32 Å². The smallest absolute Gasteiger partial charge is 0.245 e. The summed E-state index contributed by atoms with van der Waals surface area (Å²) in [7, 11) is 0. The van der Waals surface area contributed by atoms with Gasteiger partial charge in [-0.25, -0.2) is 4.68 Å². The number of halogens is 1. The zero-order valence-electron chi connectivity index (χ0n) is 20.1. The average molecular weight is 461 g/mol. The van der Waals surface area contributed by atoms with E-state index in [0.29, 0.717) is 29.5 Å². The zero-order valence-corrected chi connectivity index (χ0v) is 20.8. The number of hydrogen-bond acceptors (Lipinski definition) is 3. The van der Waals surface area contributed by atoms with Gasteiger partial charge >= 0.3 is 0 Å². The Morgan fingerprint density at radius 1 is 1.09 bits per heavy atom. The Morgan fingerprint density at radius 3 is 2.41 bits per heavy atom. The van der Waals surface area contributed by atoms with E-state index in [1.165, 1.54) is 0 Å². The van der Waals surface area contributed by atoms with Crippen molar-refractivity contribution in [2.45, 2.75) is 78.6 Å². The van der Waals surface area contributed by atoms with E-state index in [4.69, 9.17) is 16.7 Å². The van der Waals surface area contributed by atoms with Crippen LogP contribution in [-0.2, 0) is 15.0 Å². The topological polar surface area (TPSA) is 67.2 Å². The van der Waals surface area contributed by atoms with Crippen LogP contribution in [0.15, 0.2) is 30.3 Å². The number of aromatic nitrogens is 2. The van der Waals surface area contributed by atoms with Gasteiger partial charge in [-0.2, -0.15) is 5.10 Å². The first kappa shape index (κ1) is 25.9. The van der Waals surface area contributed by atoms with Gasteiger partial charge in [-0.05, 0) is 25.0 Å². The quantitative estimate of drug-likeness (QED) is 0.420. The van der Waals surface area contributed by atoms with Crippen molar-refractivity contribution in [2.24, 2.45) is 0 Å². The molecule has 0 spiro atoms. The SMILES string of the molecule is CCCCCC(=O)N(CCCC)CC(=O)Nc1cc(C(C)(C)C)nn1-c1ccccc1Cl. The molecule has 0 saturated heterocycles. The van der Waals surface area contributed by atoms with E-state index in [1.54, 1.807) is 15.6 Å². The van der Waals surface area contributed by atoms with Gasteiger partial charge in [0.05, 0.1) is 22.9 Å². The summed E-state index contributed by atoms with van der Waals surface area (Å²) in [5.41, 5.74) is 1.33. The van der Waals surface area contributed by atoms with Gasteiger partial charge in [0.2, 0.25) is 11.8 Å². The molecule has 6 nitrogen and oxygen atoms in total. The van der Waals surface area contributed by atoms with Crippen LogP contribution in [0, 0.1) is 0 Å². The second-order valence-electron chi connectivity index (χ2n) is 9.20. The maximum atomic E-state index is 13.0. The van der Waals surface area contributed by atoms with Crippen LogP contribution in [-0.4, -0.2) is 39.6 Å². The molecule has 0 bridgehead atoms. The molecule has 0 aliphatic carbocycles. The molecule has 2 aromatic rings. The van der Waals surface area contributed by atoms with Gasteiger partial charge < -0.3 is 10.2 Å². The maximum absolute atomic E-state index is 13.0. The molecule has 0 saturated carbocycles. The lowest BCUT2D eigenvalue weighted by Crippen LogP contribution is -2.38. The number of anilines is 1. The predicted octanol–water partition coefficient (Wildman–Crippen LogP) is 5.97. The molecule has 0 fully saturated rings. The zero-order chi connectivity index (χ0) is 23.7. The van der Waals surface area contributed by atoms with E-state index in [0.717, 1.165) is 37.8 Å². The molecule has 176 valence electrons. The molecule has 1 aromatic heterocycles. The van der Waals surface area contributed by atoms with Crippen molar-refractivity contribution in [1.29, 1.82) is 0 Å². The second kappa shape index (κ2) is 12.0. The highest BCUT2D eigenvalue weighted by Crippen LogP contribution is 2.29. The van der Waals surface area contributed by atoms with Crippen LogP contribution in [0.25, 0.3) is 5.69 Å². The number of nitrogens with zero attached hydrogens (tertiary/aromatic N) is 3. The van der Waals surface area contributed by atoms with E-state index in [1.807, 2.05) is 24.3 Å². The van der Waals surface area contributed by atoms with Gasteiger partial charge in [0.1, 0.15) is 5.82 Å². The fraction of sp³-hybridized carbons (Fsp3) is 0.560. The fourth-order valence-corrected chi connectivity index (χ4v) is 3.54. The van der Waals surface area contributed by atoms with Gasteiger partial charge in [-0.1, -0.05) is 77.6 Å². The lowest BCUT2D eigenvalue weighted by molar-refractivity contribution is -0.134. The van der Waals surface area contributed by atoms with E-state index in [2.05, 4.69) is 39.9 Å². The largest absolute Gasteiger partial charge is 0.333 e. The molecule has 7 heteroatoms. The molecule has 32 heavy (non-hydrogen) atoms. The first-order chi connectivity index (χ1) is 15.2. The minimum absolute atomic E-state index is 0.0313. The summed E-state index contributed by atoms with van der Waals surface area (Å²) in [4.78, 5) is 27.3. The number of carbonyl (C=O) groups is 2. The van der Waals surface area contributed by atoms with Crippen molar-refractivity contribution in [3.63, 3.8) is 0 Å². The number of amides is 2. The van der Waals surface area contributed by atoms with Crippen molar-refractivity contribution in [2.75, 3.05) is 18.4 Å². The third kappa shape index (κ3) is 7.37. The number of hydrogen-bond donors (Lipinski definition) is 1. The minimum Gasteiger partial charge on any atom is -0.333 e. The minimum atomic E-state index is -0.237. The van der Waals surface area contributed by atoms with E-state index in [9.17, 15) is 9.59 Å². The van der Waals surface area contributed by atoms with Gasteiger partial charge in [-0.15, -0.1) is 0 Å².